The molecule has 0 aromatic rings. The maximum absolute atomic E-state index is 5.64. The molecule has 0 amide bonds. The Morgan fingerprint density at radius 2 is 2.40 bits per heavy atom. The van der Waals surface area contributed by atoms with Crippen molar-refractivity contribution in [1.29, 1.82) is 0 Å². The van der Waals surface area contributed by atoms with Crippen LogP contribution in [0.25, 0.3) is 0 Å². The third kappa shape index (κ3) is 6.13. The lowest BCUT2D eigenvalue weighted by Crippen LogP contribution is -2.29. The summed E-state index contributed by atoms with van der Waals surface area (Å²) in [6.07, 6.45) is 5.63. The number of rotatable bonds is 8. The van der Waals surface area contributed by atoms with Gasteiger partial charge in [0, 0.05) is 19.7 Å². The second-order valence-electron chi connectivity index (χ2n) is 4.31. The molecule has 3 heteroatoms. The topological polar surface area (TPSA) is 30.5 Å². The van der Waals surface area contributed by atoms with Crippen LogP contribution >= 0.6 is 0 Å². The van der Waals surface area contributed by atoms with Crippen molar-refractivity contribution in [3.63, 3.8) is 0 Å². The summed E-state index contributed by atoms with van der Waals surface area (Å²) >= 11 is 0. The van der Waals surface area contributed by atoms with E-state index in [1.54, 1.807) is 0 Å². The fourth-order valence-electron chi connectivity index (χ4n) is 1.89. The molecule has 1 heterocycles. The van der Waals surface area contributed by atoms with Gasteiger partial charge in [-0.15, -0.1) is 0 Å². The molecule has 1 rings (SSSR count). The molecular weight excluding hydrogens is 190 g/mol. The normalized spacial score (nSPS) is 23.2. The van der Waals surface area contributed by atoms with Gasteiger partial charge >= 0.3 is 0 Å². The van der Waals surface area contributed by atoms with Gasteiger partial charge < -0.3 is 14.8 Å². The molecule has 1 aliphatic heterocycles. The van der Waals surface area contributed by atoms with E-state index in [0.717, 1.165) is 32.7 Å². The molecule has 3 nitrogen and oxygen atoms in total. The molecule has 1 aliphatic rings. The first-order chi connectivity index (χ1) is 7.33. The van der Waals surface area contributed by atoms with Gasteiger partial charge in [0.25, 0.3) is 0 Å². The highest BCUT2D eigenvalue weighted by Crippen LogP contribution is 2.10. The summed E-state index contributed by atoms with van der Waals surface area (Å²) in [5.41, 5.74) is 0. The maximum atomic E-state index is 5.64. The summed E-state index contributed by atoms with van der Waals surface area (Å²) in [7, 11) is 0. The first-order valence-corrected chi connectivity index (χ1v) is 6.27. The highest BCUT2D eigenvalue weighted by molar-refractivity contribution is 4.67. The molecule has 0 bridgehead atoms. The lowest BCUT2D eigenvalue weighted by molar-refractivity contribution is 0.0581. The van der Waals surface area contributed by atoms with Crippen molar-refractivity contribution in [1.82, 2.24) is 5.32 Å². The molecule has 0 aromatic carbocycles. The Morgan fingerprint density at radius 1 is 1.53 bits per heavy atom. The van der Waals surface area contributed by atoms with Gasteiger partial charge in [-0.05, 0) is 26.2 Å². The Morgan fingerprint density at radius 3 is 3.07 bits per heavy atom. The predicted molar refractivity (Wildman–Crippen MR) is 62.2 cm³/mol. The van der Waals surface area contributed by atoms with Gasteiger partial charge in [-0.2, -0.15) is 0 Å². The average Bonchev–Trinajstić information content (AvgIpc) is 2.70. The molecule has 1 N–H and O–H groups in total. The Kier molecular flexibility index (Phi) is 6.98. The quantitative estimate of drug-likeness (QED) is 0.628. The minimum atomic E-state index is 0.402. The van der Waals surface area contributed by atoms with E-state index in [2.05, 4.69) is 19.2 Å². The monoisotopic (exact) mass is 215 g/mol. The van der Waals surface area contributed by atoms with Crippen molar-refractivity contribution < 1.29 is 9.47 Å². The van der Waals surface area contributed by atoms with E-state index in [9.17, 15) is 0 Å². The van der Waals surface area contributed by atoms with Gasteiger partial charge in [-0.1, -0.05) is 13.3 Å². The largest absolute Gasteiger partial charge is 0.377 e. The van der Waals surface area contributed by atoms with Crippen LogP contribution in [-0.2, 0) is 9.47 Å². The molecular formula is C12H25NO2. The number of hydrogen-bond donors (Lipinski definition) is 1. The lowest BCUT2D eigenvalue weighted by Gasteiger charge is -2.13. The summed E-state index contributed by atoms with van der Waals surface area (Å²) in [5, 5.41) is 3.37. The summed E-state index contributed by atoms with van der Waals surface area (Å²) in [6.45, 7) is 8.00. The van der Waals surface area contributed by atoms with E-state index in [4.69, 9.17) is 9.47 Å². The second-order valence-corrected chi connectivity index (χ2v) is 4.31. The first kappa shape index (κ1) is 12.9. The summed E-state index contributed by atoms with van der Waals surface area (Å²) < 4.78 is 11.2. The highest BCUT2D eigenvalue weighted by Gasteiger charge is 2.14. The molecule has 0 aromatic heterocycles. The number of ether oxygens (including phenoxy) is 2. The molecule has 0 spiro atoms. The maximum Gasteiger partial charge on any atom is 0.0700 e. The van der Waals surface area contributed by atoms with Gasteiger partial charge in [0.05, 0.1) is 18.8 Å². The van der Waals surface area contributed by atoms with E-state index >= 15 is 0 Å². The zero-order chi connectivity index (χ0) is 10.9. The van der Waals surface area contributed by atoms with Gasteiger partial charge in [0.15, 0.2) is 0 Å². The second kappa shape index (κ2) is 8.08. The van der Waals surface area contributed by atoms with Gasteiger partial charge in [-0.25, -0.2) is 0 Å². The van der Waals surface area contributed by atoms with Crippen LogP contribution in [0.3, 0.4) is 0 Å². The standard InChI is InChI=1S/C12H25NO2/c1-3-5-11(2)14-9-7-13-10-12-6-4-8-15-12/h11-13H,3-10H2,1-2H3. The van der Waals surface area contributed by atoms with Crippen LogP contribution in [0.15, 0.2) is 0 Å². The van der Waals surface area contributed by atoms with Crippen LogP contribution in [0, 0.1) is 0 Å². The predicted octanol–water partition coefficient (Wildman–Crippen LogP) is 1.96. The molecule has 1 fully saturated rings. The van der Waals surface area contributed by atoms with E-state index in [1.807, 2.05) is 0 Å². The smallest absolute Gasteiger partial charge is 0.0700 e. The van der Waals surface area contributed by atoms with Crippen LogP contribution in [0.5, 0.6) is 0 Å². The van der Waals surface area contributed by atoms with Gasteiger partial charge in [-0.3, -0.25) is 0 Å². The lowest BCUT2D eigenvalue weighted by atomic mass is 10.2. The summed E-state index contributed by atoms with van der Waals surface area (Å²) in [5.74, 6) is 0. The van der Waals surface area contributed by atoms with Gasteiger partial charge in [0.2, 0.25) is 0 Å². The van der Waals surface area contributed by atoms with Crippen LogP contribution in [0.4, 0.5) is 0 Å². The number of hydrogen-bond acceptors (Lipinski definition) is 3. The number of nitrogens with one attached hydrogen (secondary N) is 1. The molecule has 15 heavy (non-hydrogen) atoms. The van der Waals surface area contributed by atoms with E-state index < -0.39 is 0 Å². The Bertz CT molecular complexity index is 147. The fraction of sp³-hybridized carbons (Fsp3) is 1.00. The zero-order valence-corrected chi connectivity index (χ0v) is 10.1. The minimum Gasteiger partial charge on any atom is -0.377 e. The van der Waals surface area contributed by atoms with Crippen molar-refractivity contribution in [3.8, 4) is 0 Å². The average molecular weight is 215 g/mol. The van der Waals surface area contributed by atoms with Crippen molar-refractivity contribution in [2.75, 3.05) is 26.3 Å². The van der Waals surface area contributed by atoms with Gasteiger partial charge in [0.1, 0.15) is 0 Å². The molecule has 2 atom stereocenters. The molecule has 0 aliphatic carbocycles. The van der Waals surface area contributed by atoms with Crippen LogP contribution < -0.4 is 5.32 Å². The Balaban J connectivity index is 1.84. The van der Waals surface area contributed by atoms with E-state index in [1.165, 1.54) is 19.3 Å². The van der Waals surface area contributed by atoms with Crippen LogP contribution in [-0.4, -0.2) is 38.5 Å². The van der Waals surface area contributed by atoms with Crippen molar-refractivity contribution in [3.05, 3.63) is 0 Å². The molecule has 90 valence electrons. The SMILES string of the molecule is CCCC(C)OCCNCC1CCCO1. The Hall–Kier alpha value is -0.120. The summed E-state index contributed by atoms with van der Waals surface area (Å²) in [4.78, 5) is 0. The molecule has 2 unspecified atom stereocenters. The highest BCUT2D eigenvalue weighted by atomic mass is 16.5. The minimum absolute atomic E-state index is 0.402. The zero-order valence-electron chi connectivity index (χ0n) is 10.1. The third-order valence-electron chi connectivity index (χ3n) is 2.77. The van der Waals surface area contributed by atoms with Crippen molar-refractivity contribution >= 4 is 0 Å². The third-order valence-corrected chi connectivity index (χ3v) is 2.77. The summed E-state index contributed by atoms with van der Waals surface area (Å²) in [6, 6.07) is 0. The van der Waals surface area contributed by atoms with Crippen LogP contribution in [0.2, 0.25) is 0 Å². The first-order valence-electron chi connectivity index (χ1n) is 6.27. The molecule has 1 saturated heterocycles. The van der Waals surface area contributed by atoms with E-state index in [0.29, 0.717) is 12.2 Å². The molecule has 0 radical (unpaired) electrons. The van der Waals surface area contributed by atoms with Crippen LogP contribution in [0.1, 0.15) is 39.5 Å². The van der Waals surface area contributed by atoms with Crippen molar-refractivity contribution in [2.45, 2.75) is 51.7 Å². The van der Waals surface area contributed by atoms with Crippen molar-refractivity contribution in [2.24, 2.45) is 0 Å². The fourth-order valence-corrected chi connectivity index (χ4v) is 1.89. The van der Waals surface area contributed by atoms with E-state index in [-0.39, 0.29) is 0 Å². The molecule has 0 saturated carbocycles. The Labute approximate surface area is 93.5 Å².